The zero-order valence-corrected chi connectivity index (χ0v) is 16.3. The van der Waals surface area contributed by atoms with Crippen LogP contribution in [0.25, 0.3) is 21.8 Å². The molecule has 4 rings (SSSR count). The van der Waals surface area contributed by atoms with Crippen LogP contribution < -0.4 is 10.2 Å². The number of pyridine rings is 1. The third-order valence-corrected chi connectivity index (χ3v) is 4.81. The number of nitrogens with zero attached hydrogens (tertiary/aromatic N) is 1. The Morgan fingerprint density at radius 3 is 2.17 bits per heavy atom. The molecule has 4 aromatic rings. The molecular weight excluding hydrogens is 390 g/mol. The Labute approximate surface area is 172 Å². The number of carbonyl (C=O) groups excluding carboxylic acids is 1. The van der Waals surface area contributed by atoms with E-state index in [1.165, 1.54) is 0 Å². The molecule has 0 amide bonds. The van der Waals surface area contributed by atoms with Crippen molar-refractivity contribution >= 4 is 39.4 Å². The molecule has 0 aliphatic carbocycles. The van der Waals surface area contributed by atoms with Crippen molar-refractivity contribution < 1.29 is 14.3 Å². The molecule has 0 spiro atoms. The number of aromatic nitrogens is 1. The van der Waals surface area contributed by atoms with E-state index in [9.17, 15) is 9.59 Å². The molecule has 0 saturated carbocycles. The monoisotopic (exact) mass is 407 g/mol. The van der Waals surface area contributed by atoms with Crippen LogP contribution in [0.1, 0.15) is 0 Å². The lowest BCUT2D eigenvalue weighted by atomic mass is 10.1. The predicted octanol–water partition coefficient (Wildman–Crippen LogP) is 4.43. The molecule has 1 aromatic heterocycles. The number of benzene rings is 3. The minimum absolute atomic E-state index is 0.00152. The lowest BCUT2D eigenvalue weighted by Crippen LogP contribution is -2.20. The second-order valence-corrected chi connectivity index (χ2v) is 6.91. The summed E-state index contributed by atoms with van der Waals surface area (Å²) in [5.74, 6) is 0.213. The minimum Gasteiger partial charge on any atom is -0.490 e. The van der Waals surface area contributed by atoms with Crippen LogP contribution in [0, 0.1) is 0 Å². The molecule has 3 aromatic carbocycles. The van der Waals surface area contributed by atoms with Crippen molar-refractivity contribution in [1.29, 1.82) is 0 Å². The van der Waals surface area contributed by atoms with Gasteiger partial charge in [0.15, 0.2) is 5.43 Å². The van der Waals surface area contributed by atoms with Gasteiger partial charge in [-0.3, -0.25) is 9.59 Å². The Kier molecular flexibility index (Phi) is 5.49. The zero-order valence-electron chi connectivity index (χ0n) is 15.5. The molecule has 0 bridgehead atoms. The van der Waals surface area contributed by atoms with E-state index in [0.29, 0.717) is 32.6 Å². The highest BCUT2D eigenvalue weighted by molar-refractivity contribution is 6.30. The Balaban J connectivity index is 1.50. The maximum absolute atomic E-state index is 12.7. The molecule has 0 unspecified atom stereocenters. The van der Waals surface area contributed by atoms with E-state index >= 15 is 0 Å². The number of halogens is 1. The molecule has 0 N–H and O–H groups in total. The number of esters is 1. The fourth-order valence-electron chi connectivity index (χ4n) is 3.29. The van der Waals surface area contributed by atoms with Crippen molar-refractivity contribution in [1.82, 2.24) is 4.57 Å². The Morgan fingerprint density at radius 2 is 1.52 bits per heavy atom. The first-order valence-corrected chi connectivity index (χ1v) is 9.55. The van der Waals surface area contributed by atoms with Gasteiger partial charge in [0.2, 0.25) is 0 Å². The van der Waals surface area contributed by atoms with Gasteiger partial charge < -0.3 is 14.0 Å². The molecule has 0 saturated heterocycles. The van der Waals surface area contributed by atoms with Gasteiger partial charge in [0.05, 0.1) is 11.0 Å². The van der Waals surface area contributed by atoms with Crippen LogP contribution in [0.4, 0.5) is 0 Å². The summed E-state index contributed by atoms with van der Waals surface area (Å²) in [5, 5.41) is 1.73. The molecule has 0 fully saturated rings. The molecule has 29 heavy (non-hydrogen) atoms. The van der Waals surface area contributed by atoms with E-state index < -0.39 is 5.97 Å². The molecule has 146 valence electrons. The van der Waals surface area contributed by atoms with Gasteiger partial charge in [0.1, 0.15) is 25.5 Å². The fourth-order valence-corrected chi connectivity index (χ4v) is 3.47. The number of carbonyl (C=O) groups is 1. The lowest BCUT2D eigenvalue weighted by molar-refractivity contribution is -0.144. The largest absolute Gasteiger partial charge is 0.490 e. The van der Waals surface area contributed by atoms with Gasteiger partial charge >= 0.3 is 5.97 Å². The first-order valence-electron chi connectivity index (χ1n) is 9.18. The summed E-state index contributed by atoms with van der Waals surface area (Å²) in [7, 11) is 0. The maximum Gasteiger partial charge on any atom is 0.326 e. The average Bonchev–Trinajstić information content (AvgIpc) is 2.74. The van der Waals surface area contributed by atoms with Crippen LogP contribution in [0.2, 0.25) is 5.02 Å². The van der Waals surface area contributed by atoms with Crippen LogP contribution in [0.15, 0.2) is 77.6 Å². The fraction of sp³-hybridized carbons (Fsp3) is 0.130. The van der Waals surface area contributed by atoms with Crippen molar-refractivity contribution in [3.63, 3.8) is 0 Å². The summed E-state index contributed by atoms with van der Waals surface area (Å²) < 4.78 is 12.7. The van der Waals surface area contributed by atoms with Gasteiger partial charge in [-0.15, -0.1) is 0 Å². The quantitative estimate of drug-likeness (QED) is 0.269. The summed E-state index contributed by atoms with van der Waals surface area (Å²) in [4.78, 5) is 25.2. The summed E-state index contributed by atoms with van der Waals surface area (Å²) in [5.41, 5.74) is 1.35. The van der Waals surface area contributed by atoms with Gasteiger partial charge in [-0.1, -0.05) is 41.9 Å². The molecule has 0 aliphatic rings. The van der Waals surface area contributed by atoms with Crippen LogP contribution in [-0.2, 0) is 16.1 Å². The van der Waals surface area contributed by atoms with Crippen LogP contribution in [-0.4, -0.2) is 23.8 Å². The van der Waals surface area contributed by atoms with Crippen LogP contribution in [0.5, 0.6) is 5.75 Å². The Bertz CT molecular complexity index is 1190. The van der Waals surface area contributed by atoms with E-state index in [1.54, 1.807) is 36.4 Å². The van der Waals surface area contributed by atoms with Crippen molar-refractivity contribution in [2.45, 2.75) is 6.54 Å². The predicted molar refractivity (Wildman–Crippen MR) is 114 cm³/mol. The molecule has 0 atom stereocenters. The van der Waals surface area contributed by atoms with Gasteiger partial charge in [-0.05, 0) is 42.5 Å². The highest BCUT2D eigenvalue weighted by Gasteiger charge is 2.13. The normalized spacial score (nSPS) is 10.9. The maximum atomic E-state index is 12.7. The highest BCUT2D eigenvalue weighted by atomic mass is 35.5. The van der Waals surface area contributed by atoms with Crippen molar-refractivity contribution in [3.8, 4) is 5.75 Å². The summed E-state index contributed by atoms with van der Waals surface area (Å²) in [6.07, 6.45) is 0. The number of para-hydroxylation sites is 2. The molecule has 0 aliphatic heterocycles. The van der Waals surface area contributed by atoms with E-state index in [-0.39, 0.29) is 25.2 Å². The number of rotatable bonds is 6. The van der Waals surface area contributed by atoms with E-state index in [2.05, 4.69) is 0 Å². The number of hydrogen-bond acceptors (Lipinski definition) is 4. The first kappa shape index (κ1) is 19.0. The average molecular weight is 408 g/mol. The molecule has 0 radical (unpaired) electrons. The topological polar surface area (TPSA) is 57.5 Å². The third-order valence-electron chi connectivity index (χ3n) is 4.58. The SMILES string of the molecule is O=C(Cn1c2ccccc2c(=O)c2ccccc21)OCCOc1cccc(Cl)c1. The molecular formula is C23H18ClNO4. The van der Waals surface area contributed by atoms with Crippen molar-refractivity contribution in [3.05, 3.63) is 88.0 Å². The summed E-state index contributed by atoms with van der Waals surface area (Å²) in [6, 6.07) is 21.5. The van der Waals surface area contributed by atoms with Gasteiger partial charge in [0, 0.05) is 15.8 Å². The van der Waals surface area contributed by atoms with E-state index in [1.807, 2.05) is 41.0 Å². The van der Waals surface area contributed by atoms with Crippen molar-refractivity contribution in [2.24, 2.45) is 0 Å². The number of ether oxygens (including phenoxy) is 2. The van der Waals surface area contributed by atoms with Crippen LogP contribution in [0.3, 0.4) is 0 Å². The van der Waals surface area contributed by atoms with Gasteiger partial charge in [0.25, 0.3) is 0 Å². The highest BCUT2D eigenvalue weighted by Crippen LogP contribution is 2.19. The smallest absolute Gasteiger partial charge is 0.326 e. The summed E-state index contributed by atoms with van der Waals surface area (Å²) in [6.45, 7) is 0.331. The molecule has 5 nitrogen and oxygen atoms in total. The van der Waals surface area contributed by atoms with Crippen molar-refractivity contribution in [2.75, 3.05) is 13.2 Å². The molecule has 6 heteroatoms. The Morgan fingerprint density at radius 1 is 0.862 bits per heavy atom. The van der Waals surface area contributed by atoms with Crippen LogP contribution >= 0.6 is 11.6 Å². The van der Waals surface area contributed by atoms with E-state index in [4.69, 9.17) is 21.1 Å². The van der Waals surface area contributed by atoms with E-state index in [0.717, 1.165) is 0 Å². The van der Waals surface area contributed by atoms with Gasteiger partial charge in [-0.2, -0.15) is 0 Å². The minimum atomic E-state index is -0.404. The zero-order chi connectivity index (χ0) is 20.2. The second-order valence-electron chi connectivity index (χ2n) is 6.48. The molecule has 1 heterocycles. The second kappa shape index (κ2) is 8.37. The third kappa shape index (κ3) is 4.10. The van der Waals surface area contributed by atoms with Gasteiger partial charge in [-0.25, -0.2) is 0 Å². The number of hydrogen-bond donors (Lipinski definition) is 0. The standard InChI is InChI=1S/C23H18ClNO4/c24-16-6-5-7-17(14-16)28-12-13-29-22(26)15-25-20-10-3-1-8-18(20)23(27)19-9-2-4-11-21(19)25/h1-11,14H,12-13,15H2. The lowest BCUT2D eigenvalue weighted by Gasteiger charge is -2.14. The Hall–Kier alpha value is -3.31. The summed E-state index contributed by atoms with van der Waals surface area (Å²) >= 11 is 5.91. The number of fused-ring (bicyclic) bond motifs is 2. The first-order chi connectivity index (χ1) is 14.1.